The highest BCUT2D eigenvalue weighted by Crippen LogP contribution is 2.29. The number of nitrogens with zero attached hydrogens (tertiary/aromatic N) is 1. The van der Waals surface area contributed by atoms with E-state index in [4.69, 9.17) is 9.26 Å². The van der Waals surface area contributed by atoms with E-state index < -0.39 is 11.9 Å². The van der Waals surface area contributed by atoms with Crippen molar-refractivity contribution in [3.05, 3.63) is 71.8 Å². The van der Waals surface area contributed by atoms with Gasteiger partial charge in [-0.05, 0) is 19.1 Å². The SMILES string of the molecule is CCOC(=O)c1c(-c2ccccc2)noc1NC(=O)c1ccccc1.[HH]. The minimum Gasteiger partial charge on any atom is -0.462 e. The van der Waals surface area contributed by atoms with Gasteiger partial charge in [-0.2, -0.15) is 0 Å². The maximum Gasteiger partial charge on any atom is 0.346 e. The van der Waals surface area contributed by atoms with E-state index in [2.05, 4.69) is 10.5 Å². The quantitative estimate of drug-likeness (QED) is 0.711. The van der Waals surface area contributed by atoms with Crippen molar-refractivity contribution in [3.8, 4) is 11.3 Å². The third-order valence-electron chi connectivity index (χ3n) is 3.48. The van der Waals surface area contributed by atoms with Crippen molar-refractivity contribution in [3.63, 3.8) is 0 Å². The summed E-state index contributed by atoms with van der Waals surface area (Å²) in [6, 6.07) is 17.7. The molecule has 0 bridgehead atoms. The van der Waals surface area contributed by atoms with Crippen LogP contribution < -0.4 is 5.32 Å². The molecule has 0 aliphatic heterocycles. The second-order valence-electron chi connectivity index (χ2n) is 5.14. The molecule has 2 aromatic carbocycles. The van der Waals surface area contributed by atoms with Gasteiger partial charge in [0.25, 0.3) is 5.91 Å². The van der Waals surface area contributed by atoms with Gasteiger partial charge in [-0.1, -0.05) is 53.7 Å². The molecule has 1 heterocycles. The predicted molar refractivity (Wildman–Crippen MR) is 94.4 cm³/mol. The Bertz CT molecular complexity index is 879. The van der Waals surface area contributed by atoms with Crippen molar-refractivity contribution in [2.75, 3.05) is 11.9 Å². The third-order valence-corrected chi connectivity index (χ3v) is 3.48. The molecule has 3 aromatic rings. The molecule has 1 amide bonds. The van der Waals surface area contributed by atoms with Gasteiger partial charge in [0, 0.05) is 12.6 Å². The second kappa shape index (κ2) is 7.44. The van der Waals surface area contributed by atoms with Crippen molar-refractivity contribution < 1.29 is 20.3 Å². The average Bonchev–Trinajstić information content (AvgIpc) is 3.07. The van der Waals surface area contributed by atoms with Crippen molar-refractivity contribution in [2.24, 2.45) is 0 Å². The third kappa shape index (κ3) is 3.58. The van der Waals surface area contributed by atoms with E-state index in [1.54, 1.807) is 43.3 Å². The largest absolute Gasteiger partial charge is 0.462 e. The smallest absolute Gasteiger partial charge is 0.346 e. The molecular formula is C19H18N2O4. The maximum atomic E-state index is 12.4. The molecule has 1 N–H and O–H groups in total. The van der Waals surface area contributed by atoms with E-state index >= 15 is 0 Å². The van der Waals surface area contributed by atoms with Gasteiger partial charge in [-0.15, -0.1) is 0 Å². The van der Waals surface area contributed by atoms with Gasteiger partial charge in [0.15, 0.2) is 5.56 Å². The number of nitrogens with one attached hydrogen (secondary N) is 1. The molecule has 3 rings (SSSR count). The number of hydrogen-bond acceptors (Lipinski definition) is 5. The van der Waals surface area contributed by atoms with Crippen LogP contribution in [0.1, 0.15) is 29.1 Å². The zero-order valence-electron chi connectivity index (χ0n) is 13.6. The number of ether oxygens (including phenoxy) is 1. The van der Waals surface area contributed by atoms with Crippen LogP contribution in [0.4, 0.5) is 5.88 Å². The number of amides is 1. The fourth-order valence-electron chi connectivity index (χ4n) is 2.33. The molecule has 0 atom stereocenters. The summed E-state index contributed by atoms with van der Waals surface area (Å²) in [6.07, 6.45) is 0. The van der Waals surface area contributed by atoms with Crippen LogP contribution in [-0.4, -0.2) is 23.6 Å². The summed E-state index contributed by atoms with van der Waals surface area (Å²) in [4.78, 5) is 24.7. The van der Waals surface area contributed by atoms with Crippen molar-refractivity contribution >= 4 is 17.8 Å². The molecule has 0 unspecified atom stereocenters. The lowest BCUT2D eigenvalue weighted by Gasteiger charge is -2.05. The summed E-state index contributed by atoms with van der Waals surface area (Å²) in [7, 11) is 0. The van der Waals surface area contributed by atoms with Crippen molar-refractivity contribution in [1.29, 1.82) is 0 Å². The van der Waals surface area contributed by atoms with Gasteiger partial charge in [0.05, 0.1) is 6.61 Å². The lowest BCUT2D eigenvalue weighted by Crippen LogP contribution is -2.15. The van der Waals surface area contributed by atoms with Gasteiger partial charge in [0.1, 0.15) is 5.69 Å². The number of hydrogen-bond donors (Lipinski definition) is 1. The first-order valence-corrected chi connectivity index (χ1v) is 7.79. The fraction of sp³-hybridized carbons (Fsp3) is 0.105. The molecule has 1 aromatic heterocycles. The summed E-state index contributed by atoms with van der Waals surface area (Å²) in [5.41, 5.74) is 1.55. The molecule has 128 valence electrons. The number of benzene rings is 2. The van der Waals surface area contributed by atoms with Crippen LogP contribution in [0.15, 0.2) is 65.2 Å². The Kier molecular flexibility index (Phi) is 4.89. The van der Waals surface area contributed by atoms with Gasteiger partial charge in [0.2, 0.25) is 5.88 Å². The summed E-state index contributed by atoms with van der Waals surface area (Å²) in [5.74, 6) is -1.04. The zero-order valence-corrected chi connectivity index (χ0v) is 13.6. The molecule has 0 fully saturated rings. The molecular weight excluding hydrogens is 320 g/mol. The first-order chi connectivity index (χ1) is 12.2. The molecule has 0 aliphatic rings. The van der Waals surface area contributed by atoms with Crippen LogP contribution in [0.2, 0.25) is 0 Å². The van der Waals surface area contributed by atoms with E-state index in [0.29, 0.717) is 16.8 Å². The molecule has 0 radical (unpaired) electrons. The number of aromatic nitrogens is 1. The highest BCUT2D eigenvalue weighted by atomic mass is 16.5. The lowest BCUT2D eigenvalue weighted by molar-refractivity contribution is 0.0528. The van der Waals surface area contributed by atoms with Gasteiger partial charge in [-0.25, -0.2) is 4.79 Å². The topological polar surface area (TPSA) is 81.4 Å². The molecule has 6 heteroatoms. The van der Waals surface area contributed by atoms with Crippen LogP contribution in [0.3, 0.4) is 0 Å². The average molecular weight is 338 g/mol. The molecule has 0 aliphatic carbocycles. The minimum atomic E-state index is -0.606. The van der Waals surface area contributed by atoms with Crippen LogP contribution in [0, 0.1) is 0 Å². The molecule has 0 saturated carbocycles. The predicted octanol–water partition coefficient (Wildman–Crippen LogP) is 4.02. The van der Waals surface area contributed by atoms with Gasteiger partial charge >= 0.3 is 5.97 Å². The lowest BCUT2D eigenvalue weighted by atomic mass is 10.1. The molecule has 6 nitrogen and oxygen atoms in total. The van der Waals surface area contributed by atoms with E-state index in [0.717, 1.165) is 0 Å². The Morgan fingerprint density at radius 3 is 2.36 bits per heavy atom. The zero-order chi connectivity index (χ0) is 17.6. The number of rotatable bonds is 5. The molecule has 0 saturated heterocycles. The Labute approximate surface area is 145 Å². The highest BCUT2D eigenvalue weighted by Gasteiger charge is 2.26. The number of carbonyl (C=O) groups excluding carboxylic acids is 2. The molecule has 25 heavy (non-hydrogen) atoms. The van der Waals surface area contributed by atoms with Crippen LogP contribution in [0.5, 0.6) is 0 Å². The second-order valence-corrected chi connectivity index (χ2v) is 5.14. The Morgan fingerprint density at radius 1 is 1.08 bits per heavy atom. The van der Waals surface area contributed by atoms with Crippen molar-refractivity contribution in [1.82, 2.24) is 5.16 Å². The van der Waals surface area contributed by atoms with E-state index in [-0.39, 0.29) is 19.5 Å². The van der Waals surface area contributed by atoms with E-state index in [1.165, 1.54) is 0 Å². The summed E-state index contributed by atoms with van der Waals surface area (Å²) < 4.78 is 10.3. The van der Waals surface area contributed by atoms with Crippen molar-refractivity contribution in [2.45, 2.75) is 6.92 Å². The van der Waals surface area contributed by atoms with E-state index in [9.17, 15) is 9.59 Å². The number of carbonyl (C=O) groups is 2. The minimum absolute atomic E-state index is 0. The van der Waals surface area contributed by atoms with Crippen LogP contribution in [0.25, 0.3) is 11.3 Å². The normalized spacial score (nSPS) is 10.3. The monoisotopic (exact) mass is 338 g/mol. The Balaban J connectivity index is 0.00000243. The highest BCUT2D eigenvalue weighted by molar-refractivity contribution is 6.08. The summed E-state index contributed by atoms with van der Waals surface area (Å²) in [6.45, 7) is 1.90. The standard InChI is InChI=1S/C19H16N2O4.H2/c1-2-24-19(23)15-16(13-9-5-3-6-10-13)21-25-18(15)20-17(22)14-11-7-4-8-12-14;/h3-12H,2H2,1H3,(H,20,22);1H. The van der Waals surface area contributed by atoms with Gasteiger partial charge in [-0.3, -0.25) is 10.1 Å². The molecule has 0 spiro atoms. The maximum absolute atomic E-state index is 12.4. The first kappa shape index (κ1) is 16.4. The van der Waals surface area contributed by atoms with Gasteiger partial charge < -0.3 is 9.26 Å². The Morgan fingerprint density at radius 2 is 1.72 bits per heavy atom. The van der Waals surface area contributed by atoms with Crippen LogP contribution in [-0.2, 0) is 4.74 Å². The number of anilines is 1. The number of esters is 1. The first-order valence-electron chi connectivity index (χ1n) is 7.79. The van der Waals surface area contributed by atoms with E-state index in [1.807, 2.05) is 24.3 Å². The Hall–Kier alpha value is -3.41. The summed E-state index contributed by atoms with van der Waals surface area (Å²) in [5, 5.41) is 6.53. The summed E-state index contributed by atoms with van der Waals surface area (Å²) >= 11 is 0. The van der Waals surface area contributed by atoms with Crippen LogP contribution >= 0.6 is 0 Å². The fourth-order valence-corrected chi connectivity index (χ4v) is 2.33.